The van der Waals surface area contributed by atoms with Crippen molar-refractivity contribution in [1.82, 2.24) is 0 Å². The molecule has 33 heavy (non-hydrogen) atoms. The lowest BCUT2D eigenvalue weighted by Crippen LogP contribution is -2.22. The molecule has 0 aliphatic carbocycles. The number of halogens is 5. The van der Waals surface area contributed by atoms with E-state index in [0.29, 0.717) is 12.1 Å². The van der Waals surface area contributed by atoms with E-state index in [4.69, 9.17) is 0 Å². The smallest absolute Gasteiger partial charge is 0.426 e. The van der Waals surface area contributed by atoms with Gasteiger partial charge in [-0.3, -0.25) is 0 Å². The molecule has 0 fully saturated rings. The Kier molecular flexibility index (Phi) is 8.11. The van der Waals surface area contributed by atoms with Gasteiger partial charge in [-0.2, -0.15) is 8.78 Å². The number of rotatable bonds is 10. The van der Waals surface area contributed by atoms with Crippen molar-refractivity contribution in [2.75, 3.05) is 0 Å². The van der Waals surface area contributed by atoms with Gasteiger partial charge in [-0.1, -0.05) is 69.5 Å². The van der Waals surface area contributed by atoms with Crippen LogP contribution in [0.25, 0.3) is 11.1 Å². The Balaban J connectivity index is 1.64. The average Bonchev–Trinajstić information content (AvgIpc) is 2.78. The molecule has 0 radical (unpaired) electrons. The minimum absolute atomic E-state index is 0.382. The van der Waals surface area contributed by atoms with Crippen LogP contribution in [0.3, 0.4) is 0 Å². The molecule has 176 valence electrons. The number of alkyl halides is 2. The van der Waals surface area contributed by atoms with Gasteiger partial charge in [-0.05, 0) is 47.6 Å². The van der Waals surface area contributed by atoms with Gasteiger partial charge in [-0.25, -0.2) is 13.2 Å². The Hall–Kier alpha value is -2.89. The Morgan fingerprint density at radius 2 is 1.36 bits per heavy atom. The van der Waals surface area contributed by atoms with Gasteiger partial charge in [-0.15, -0.1) is 0 Å². The van der Waals surface area contributed by atoms with Gasteiger partial charge in [0.15, 0.2) is 17.5 Å². The minimum Gasteiger partial charge on any atom is -0.429 e. The van der Waals surface area contributed by atoms with Crippen molar-refractivity contribution in [3.8, 4) is 16.9 Å². The summed E-state index contributed by atoms with van der Waals surface area (Å²) in [5, 5.41) is 0. The maximum Gasteiger partial charge on any atom is 0.426 e. The molecule has 0 saturated heterocycles. The highest BCUT2D eigenvalue weighted by Crippen LogP contribution is 2.34. The third kappa shape index (κ3) is 6.56. The summed E-state index contributed by atoms with van der Waals surface area (Å²) < 4.78 is 73.0. The van der Waals surface area contributed by atoms with Crippen molar-refractivity contribution in [3.05, 3.63) is 89.2 Å². The average molecular weight is 463 g/mol. The molecular formula is C27H27F5O. The lowest BCUT2D eigenvalue weighted by molar-refractivity contribution is -0.185. The fraction of sp³-hybridized carbons (Fsp3) is 0.333. The fourth-order valence-corrected chi connectivity index (χ4v) is 3.81. The van der Waals surface area contributed by atoms with Gasteiger partial charge >= 0.3 is 6.11 Å². The molecule has 0 heterocycles. The lowest BCUT2D eigenvalue weighted by atomic mass is 9.96. The lowest BCUT2D eigenvalue weighted by Gasteiger charge is -2.19. The summed E-state index contributed by atoms with van der Waals surface area (Å²) >= 11 is 0. The van der Waals surface area contributed by atoms with Crippen molar-refractivity contribution in [3.63, 3.8) is 0 Å². The van der Waals surface area contributed by atoms with Crippen molar-refractivity contribution >= 4 is 0 Å². The van der Waals surface area contributed by atoms with Gasteiger partial charge in [0.25, 0.3) is 0 Å². The van der Waals surface area contributed by atoms with E-state index in [1.807, 2.05) is 24.3 Å². The van der Waals surface area contributed by atoms with Crippen molar-refractivity contribution in [1.29, 1.82) is 0 Å². The molecule has 0 spiro atoms. The summed E-state index contributed by atoms with van der Waals surface area (Å²) in [6.07, 6.45) is 1.93. The molecule has 0 bridgehead atoms. The maximum absolute atomic E-state index is 14.5. The molecule has 0 aliphatic rings. The highest BCUT2D eigenvalue weighted by Gasteiger charge is 2.35. The van der Waals surface area contributed by atoms with E-state index in [-0.39, 0.29) is 0 Å². The first-order valence-corrected chi connectivity index (χ1v) is 11.1. The summed E-state index contributed by atoms with van der Waals surface area (Å²) in [5.41, 5.74) is 2.38. The van der Waals surface area contributed by atoms with Crippen LogP contribution >= 0.6 is 0 Å². The second-order valence-electron chi connectivity index (χ2n) is 8.38. The number of ether oxygens (including phenoxy) is 1. The Morgan fingerprint density at radius 1 is 0.818 bits per heavy atom. The van der Waals surface area contributed by atoms with Crippen LogP contribution in [0.4, 0.5) is 22.0 Å². The maximum atomic E-state index is 14.5. The summed E-state index contributed by atoms with van der Waals surface area (Å²) in [5.74, 6) is -5.02. The summed E-state index contributed by atoms with van der Waals surface area (Å²) in [4.78, 5) is 0. The van der Waals surface area contributed by atoms with Crippen LogP contribution in [0.2, 0.25) is 0 Å². The fourth-order valence-electron chi connectivity index (χ4n) is 3.81. The first-order valence-electron chi connectivity index (χ1n) is 11.1. The molecule has 1 atom stereocenters. The standard InChI is InChI=1S/C27H27F5O/c1-3-5-18(2)6-4-7-19-8-10-20(11-9-19)21-12-14-22(15-13-21)27(31,32)33-23-16-24(28)26(30)25(29)17-23/h8-18H,3-7H2,1-2H3. The van der Waals surface area contributed by atoms with Crippen LogP contribution in [0.5, 0.6) is 5.75 Å². The molecule has 0 aromatic heterocycles. The van der Waals surface area contributed by atoms with E-state index in [0.717, 1.165) is 29.9 Å². The first kappa shape index (κ1) is 24.7. The molecular weight excluding hydrogens is 435 g/mol. The van der Waals surface area contributed by atoms with E-state index in [2.05, 4.69) is 18.6 Å². The molecule has 0 aliphatic heterocycles. The van der Waals surface area contributed by atoms with Crippen LogP contribution in [-0.4, -0.2) is 0 Å². The molecule has 3 aromatic rings. The topological polar surface area (TPSA) is 9.23 Å². The van der Waals surface area contributed by atoms with E-state index in [1.54, 1.807) is 0 Å². The molecule has 6 heteroatoms. The zero-order chi connectivity index (χ0) is 24.0. The highest BCUT2D eigenvalue weighted by atomic mass is 19.3. The van der Waals surface area contributed by atoms with Gasteiger partial charge in [0.2, 0.25) is 0 Å². The van der Waals surface area contributed by atoms with E-state index in [9.17, 15) is 22.0 Å². The molecule has 0 saturated carbocycles. The number of hydrogen-bond donors (Lipinski definition) is 0. The van der Waals surface area contributed by atoms with Crippen molar-refractivity contribution in [2.45, 2.75) is 52.1 Å². The Morgan fingerprint density at radius 3 is 1.91 bits per heavy atom. The van der Waals surface area contributed by atoms with Gasteiger partial charge < -0.3 is 4.74 Å². The summed E-state index contributed by atoms with van der Waals surface area (Å²) in [7, 11) is 0. The molecule has 1 nitrogen and oxygen atoms in total. The second kappa shape index (κ2) is 10.8. The normalized spacial score (nSPS) is 12.6. The van der Waals surface area contributed by atoms with Gasteiger partial charge in [0, 0.05) is 12.1 Å². The Labute approximate surface area is 191 Å². The minimum atomic E-state index is -3.85. The van der Waals surface area contributed by atoms with Crippen LogP contribution < -0.4 is 4.74 Å². The van der Waals surface area contributed by atoms with E-state index in [1.165, 1.54) is 49.1 Å². The van der Waals surface area contributed by atoms with E-state index >= 15 is 0 Å². The number of benzene rings is 3. The highest BCUT2D eigenvalue weighted by molar-refractivity contribution is 5.64. The largest absolute Gasteiger partial charge is 0.429 e. The van der Waals surface area contributed by atoms with Crippen LogP contribution in [0, 0.1) is 23.4 Å². The van der Waals surface area contributed by atoms with Crippen LogP contribution in [0.15, 0.2) is 60.7 Å². The summed E-state index contributed by atoms with van der Waals surface area (Å²) in [6, 6.07) is 14.2. The van der Waals surface area contributed by atoms with Gasteiger partial charge in [0.1, 0.15) is 5.75 Å². The van der Waals surface area contributed by atoms with Crippen molar-refractivity contribution < 1.29 is 26.7 Å². The predicted octanol–water partition coefficient (Wildman–Crippen LogP) is 8.66. The van der Waals surface area contributed by atoms with Crippen molar-refractivity contribution in [2.24, 2.45) is 5.92 Å². The monoisotopic (exact) mass is 462 g/mol. The Bertz CT molecular complexity index is 1020. The van der Waals surface area contributed by atoms with Crippen LogP contribution in [0.1, 0.15) is 50.7 Å². The molecule has 0 N–H and O–H groups in total. The number of aryl methyl sites for hydroxylation is 1. The summed E-state index contributed by atoms with van der Waals surface area (Å²) in [6.45, 7) is 4.48. The number of hydrogen-bond acceptors (Lipinski definition) is 1. The third-order valence-corrected chi connectivity index (χ3v) is 5.66. The molecule has 3 rings (SSSR count). The van der Waals surface area contributed by atoms with Gasteiger partial charge in [0.05, 0.1) is 5.56 Å². The quantitative estimate of drug-likeness (QED) is 0.216. The zero-order valence-corrected chi connectivity index (χ0v) is 18.7. The second-order valence-corrected chi connectivity index (χ2v) is 8.38. The molecule has 3 aromatic carbocycles. The third-order valence-electron chi connectivity index (χ3n) is 5.66. The SMILES string of the molecule is CCCC(C)CCCc1ccc(-c2ccc(C(F)(F)Oc3cc(F)c(F)c(F)c3)cc2)cc1. The predicted molar refractivity (Wildman–Crippen MR) is 120 cm³/mol. The zero-order valence-electron chi connectivity index (χ0n) is 18.7. The molecule has 1 unspecified atom stereocenters. The molecule has 0 amide bonds. The first-order chi connectivity index (χ1) is 15.7. The van der Waals surface area contributed by atoms with Crippen LogP contribution in [-0.2, 0) is 12.5 Å². The van der Waals surface area contributed by atoms with E-state index < -0.39 is 34.9 Å².